The summed E-state index contributed by atoms with van der Waals surface area (Å²) in [6, 6.07) is 10.8. The Kier molecular flexibility index (Phi) is 4.52. The zero-order valence-corrected chi connectivity index (χ0v) is 11.7. The largest absolute Gasteiger partial charge is 0.315 e. The van der Waals surface area contributed by atoms with Crippen LogP contribution in [0.1, 0.15) is 38.2 Å². The molecule has 2 heteroatoms. The molecule has 0 aliphatic carbocycles. The summed E-state index contributed by atoms with van der Waals surface area (Å²) < 4.78 is 0.483. The molecule has 1 heterocycles. The van der Waals surface area contributed by atoms with Crippen molar-refractivity contribution in [3.05, 3.63) is 35.9 Å². The van der Waals surface area contributed by atoms with E-state index in [0.717, 1.165) is 13.1 Å². The van der Waals surface area contributed by atoms with Crippen molar-refractivity contribution >= 4 is 11.8 Å². The van der Waals surface area contributed by atoms with Crippen molar-refractivity contribution in [2.45, 2.75) is 37.4 Å². The van der Waals surface area contributed by atoms with Gasteiger partial charge in [0.2, 0.25) is 0 Å². The normalized spacial score (nSPS) is 26.0. The second-order valence-corrected chi connectivity index (χ2v) is 7.03. The highest BCUT2D eigenvalue weighted by molar-refractivity contribution is 8.00. The highest BCUT2D eigenvalue weighted by Gasteiger charge is 2.28. The third kappa shape index (κ3) is 3.75. The van der Waals surface area contributed by atoms with Crippen LogP contribution in [0.25, 0.3) is 0 Å². The first kappa shape index (κ1) is 13.0. The minimum Gasteiger partial charge on any atom is -0.315 e. The first-order valence-electron chi connectivity index (χ1n) is 6.59. The first-order chi connectivity index (χ1) is 8.20. The predicted octanol–water partition coefficient (Wildman–Crippen LogP) is 3.67. The lowest BCUT2D eigenvalue weighted by Crippen LogP contribution is -2.34. The smallest absolute Gasteiger partial charge is 0.0256 e. The van der Waals surface area contributed by atoms with E-state index in [0.29, 0.717) is 10.7 Å². The molecular formula is C15H23NS. The topological polar surface area (TPSA) is 12.0 Å². The van der Waals surface area contributed by atoms with Crippen molar-refractivity contribution in [1.29, 1.82) is 0 Å². The molecule has 1 aromatic carbocycles. The van der Waals surface area contributed by atoms with Crippen molar-refractivity contribution in [3.8, 4) is 0 Å². The number of nitrogens with one attached hydrogen (secondary N) is 1. The van der Waals surface area contributed by atoms with Gasteiger partial charge in [0, 0.05) is 17.8 Å². The standard InChI is InChI=1S/C15H23NS/c1-13(14-7-4-3-5-8-14)11-16-12-15(2)9-6-10-17-15/h3-5,7-8,13,16H,6,9-12H2,1-2H3. The molecule has 17 heavy (non-hydrogen) atoms. The van der Waals surface area contributed by atoms with Crippen molar-refractivity contribution in [1.82, 2.24) is 5.32 Å². The summed E-state index contributed by atoms with van der Waals surface area (Å²) in [5.74, 6) is 1.94. The molecule has 0 saturated carbocycles. The fourth-order valence-corrected chi connectivity index (χ4v) is 3.70. The molecule has 1 aliphatic rings. The summed E-state index contributed by atoms with van der Waals surface area (Å²) in [5, 5.41) is 3.65. The molecule has 2 atom stereocenters. The minimum absolute atomic E-state index is 0.483. The van der Waals surface area contributed by atoms with Gasteiger partial charge in [0.15, 0.2) is 0 Å². The molecule has 1 aliphatic heterocycles. The number of thioether (sulfide) groups is 1. The van der Waals surface area contributed by atoms with E-state index < -0.39 is 0 Å². The van der Waals surface area contributed by atoms with E-state index in [-0.39, 0.29) is 0 Å². The molecule has 0 bridgehead atoms. The highest BCUT2D eigenvalue weighted by Crippen LogP contribution is 2.36. The monoisotopic (exact) mass is 249 g/mol. The fraction of sp³-hybridized carbons (Fsp3) is 0.600. The molecule has 0 radical (unpaired) electrons. The van der Waals surface area contributed by atoms with Gasteiger partial charge in [0.05, 0.1) is 0 Å². The minimum atomic E-state index is 0.483. The van der Waals surface area contributed by atoms with Crippen molar-refractivity contribution in [2.75, 3.05) is 18.8 Å². The Bertz CT molecular complexity index is 330. The lowest BCUT2D eigenvalue weighted by molar-refractivity contribution is 0.519. The molecule has 2 unspecified atom stereocenters. The summed E-state index contributed by atoms with van der Waals surface area (Å²) in [5.41, 5.74) is 1.43. The summed E-state index contributed by atoms with van der Waals surface area (Å²) >= 11 is 2.13. The molecule has 1 aromatic rings. The Morgan fingerprint density at radius 2 is 2.12 bits per heavy atom. The lowest BCUT2D eigenvalue weighted by Gasteiger charge is -2.24. The quantitative estimate of drug-likeness (QED) is 0.854. The predicted molar refractivity (Wildman–Crippen MR) is 77.8 cm³/mol. The van der Waals surface area contributed by atoms with E-state index in [1.165, 1.54) is 24.2 Å². The van der Waals surface area contributed by atoms with E-state index in [2.05, 4.69) is 61.3 Å². The average molecular weight is 249 g/mol. The van der Waals surface area contributed by atoms with Crippen LogP contribution >= 0.6 is 11.8 Å². The fourth-order valence-electron chi connectivity index (χ4n) is 2.43. The molecule has 1 fully saturated rings. The Morgan fingerprint density at radius 3 is 2.76 bits per heavy atom. The second kappa shape index (κ2) is 5.92. The van der Waals surface area contributed by atoms with E-state index in [1.807, 2.05) is 0 Å². The van der Waals surface area contributed by atoms with Gasteiger partial charge in [-0.25, -0.2) is 0 Å². The van der Waals surface area contributed by atoms with Gasteiger partial charge in [0.1, 0.15) is 0 Å². The molecule has 0 aromatic heterocycles. The van der Waals surface area contributed by atoms with Crippen LogP contribution in [0.2, 0.25) is 0 Å². The highest BCUT2D eigenvalue weighted by atomic mass is 32.2. The van der Waals surface area contributed by atoms with Gasteiger partial charge in [-0.1, -0.05) is 37.3 Å². The Balaban J connectivity index is 1.75. The maximum atomic E-state index is 3.65. The zero-order valence-electron chi connectivity index (χ0n) is 10.9. The van der Waals surface area contributed by atoms with Crippen LogP contribution in [0.5, 0.6) is 0 Å². The van der Waals surface area contributed by atoms with Gasteiger partial charge in [-0.05, 0) is 37.0 Å². The van der Waals surface area contributed by atoms with Crippen LogP contribution in [0.4, 0.5) is 0 Å². The third-order valence-electron chi connectivity index (χ3n) is 3.62. The van der Waals surface area contributed by atoms with Crippen molar-refractivity contribution in [3.63, 3.8) is 0 Å². The van der Waals surface area contributed by atoms with Crippen LogP contribution in [0.3, 0.4) is 0 Å². The van der Waals surface area contributed by atoms with Crippen LogP contribution in [-0.4, -0.2) is 23.6 Å². The van der Waals surface area contributed by atoms with Gasteiger partial charge in [-0.15, -0.1) is 0 Å². The van der Waals surface area contributed by atoms with Gasteiger partial charge in [-0.2, -0.15) is 11.8 Å². The molecular weight excluding hydrogens is 226 g/mol. The summed E-state index contributed by atoms with van der Waals surface area (Å²) in [4.78, 5) is 0. The van der Waals surface area contributed by atoms with Gasteiger partial charge in [-0.3, -0.25) is 0 Å². The lowest BCUT2D eigenvalue weighted by atomic mass is 10.0. The maximum Gasteiger partial charge on any atom is 0.0256 e. The van der Waals surface area contributed by atoms with Gasteiger partial charge in [0.25, 0.3) is 0 Å². The zero-order chi connectivity index (χ0) is 12.1. The Hall–Kier alpha value is -0.470. The molecule has 0 spiro atoms. The van der Waals surface area contributed by atoms with Crippen LogP contribution in [0.15, 0.2) is 30.3 Å². The number of hydrogen-bond donors (Lipinski definition) is 1. The van der Waals surface area contributed by atoms with Gasteiger partial charge < -0.3 is 5.32 Å². The van der Waals surface area contributed by atoms with E-state index >= 15 is 0 Å². The van der Waals surface area contributed by atoms with E-state index in [9.17, 15) is 0 Å². The Labute approximate surface area is 109 Å². The summed E-state index contributed by atoms with van der Waals surface area (Å²) in [6.07, 6.45) is 2.75. The summed E-state index contributed by atoms with van der Waals surface area (Å²) in [7, 11) is 0. The number of benzene rings is 1. The second-order valence-electron chi connectivity index (χ2n) is 5.34. The number of hydrogen-bond acceptors (Lipinski definition) is 2. The number of rotatable bonds is 5. The SMILES string of the molecule is CC(CNCC1(C)CCCS1)c1ccccc1. The molecule has 1 nitrogen and oxygen atoms in total. The van der Waals surface area contributed by atoms with E-state index in [1.54, 1.807) is 0 Å². The molecule has 1 N–H and O–H groups in total. The molecule has 94 valence electrons. The van der Waals surface area contributed by atoms with Gasteiger partial charge >= 0.3 is 0 Å². The molecule has 1 saturated heterocycles. The third-order valence-corrected chi connectivity index (χ3v) is 5.16. The van der Waals surface area contributed by atoms with Crippen LogP contribution < -0.4 is 5.32 Å². The summed E-state index contributed by atoms with van der Waals surface area (Å²) in [6.45, 7) is 6.92. The van der Waals surface area contributed by atoms with E-state index in [4.69, 9.17) is 0 Å². The van der Waals surface area contributed by atoms with Crippen molar-refractivity contribution < 1.29 is 0 Å². The van der Waals surface area contributed by atoms with Crippen molar-refractivity contribution in [2.24, 2.45) is 0 Å². The first-order valence-corrected chi connectivity index (χ1v) is 7.58. The molecule has 0 amide bonds. The average Bonchev–Trinajstić information content (AvgIpc) is 2.77. The Morgan fingerprint density at radius 1 is 1.35 bits per heavy atom. The van der Waals surface area contributed by atoms with Crippen LogP contribution in [-0.2, 0) is 0 Å². The van der Waals surface area contributed by atoms with Crippen LogP contribution in [0, 0.1) is 0 Å². The maximum absolute atomic E-state index is 3.65. The molecule has 2 rings (SSSR count).